The molecule has 1 aromatic heterocycles. The van der Waals surface area contributed by atoms with E-state index >= 15 is 0 Å². The summed E-state index contributed by atoms with van der Waals surface area (Å²) >= 11 is 0. The molecule has 1 atom stereocenters. The first-order chi connectivity index (χ1) is 12.1. The maximum absolute atomic E-state index is 12.5. The molecule has 0 radical (unpaired) electrons. The molecule has 7 nitrogen and oxygen atoms in total. The topological polar surface area (TPSA) is 87.5 Å². The molecular formula is C18H28N4O3. The molecule has 2 N–H and O–H groups in total. The van der Waals surface area contributed by atoms with Crippen LogP contribution in [0.1, 0.15) is 50.6 Å². The van der Waals surface area contributed by atoms with Gasteiger partial charge in [-0.05, 0) is 39.2 Å². The number of hydrogen-bond acceptors (Lipinski definition) is 5. The third kappa shape index (κ3) is 5.29. The number of carbonyl (C=O) groups is 2. The minimum atomic E-state index is -0.135. The van der Waals surface area contributed by atoms with Crippen LogP contribution >= 0.6 is 0 Å². The summed E-state index contributed by atoms with van der Waals surface area (Å²) in [5.74, 6) is 0.370. The number of likely N-dealkylation sites (tertiary alicyclic amines) is 1. The molecule has 3 rings (SSSR count). The van der Waals surface area contributed by atoms with Crippen LogP contribution in [0.2, 0.25) is 0 Å². The Morgan fingerprint density at radius 2 is 2.04 bits per heavy atom. The van der Waals surface area contributed by atoms with Crippen molar-refractivity contribution < 1.29 is 14.1 Å². The highest BCUT2D eigenvalue weighted by molar-refractivity contribution is 5.91. The van der Waals surface area contributed by atoms with Gasteiger partial charge in [-0.25, -0.2) is 0 Å². The number of anilines is 1. The highest BCUT2D eigenvalue weighted by atomic mass is 16.5. The maximum Gasteiger partial charge on any atom is 0.240 e. The van der Waals surface area contributed by atoms with Crippen molar-refractivity contribution in [3.63, 3.8) is 0 Å². The predicted octanol–water partition coefficient (Wildman–Crippen LogP) is 2.08. The van der Waals surface area contributed by atoms with Crippen molar-refractivity contribution in [3.8, 4) is 0 Å². The van der Waals surface area contributed by atoms with Crippen molar-refractivity contribution in [2.24, 2.45) is 5.92 Å². The Hall–Kier alpha value is -1.89. The Morgan fingerprint density at radius 1 is 1.24 bits per heavy atom. The molecule has 138 valence electrons. The first-order valence-electron chi connectivity index (χ1n) is 9.36. The van der Waals surface area contributed by atoms with E-state index in [9.17, 15) is 9.59 Å². The smallest absolute Gasteiger partial charge is 0.240 e. The normalized spacial score (nSPS) is 22.5. The van der Waals surface area contributed by atoms with E-state index in [0.717, 1.165) is 37.9 Å². The van der Waals surface area contributed by atoms with Gasteiger partial charge in [0, 0.05) is 18.7 Å². The van der Waals surface area contributed by atoms with Gasteiger partial charge in [0.25, 0.3) is 0 Å². The summed E-state index contributed by atoms with van der Waals surface area (Å²) in [6.07, 6.45) is 7.74. The van der Waals surface area contributed by atoms with Gasteiger partial charge in [0.2, 0.25) is 17.7 Å². The molecule has 25 heavy (non-hydrogen) atoms. The van der Waals surface area contributed by atoms with Crippen LogP contribution in [0.25, 0.3) is 0 Å². The largest absolute Gasteiger partial charge is 0.353 e. The summed E-state index contributed by atoms with van der Waals surface area (Å²) in [5.41, 5.74) is 0.729. The molecule has 1 saturated heterocycles. The fourth-order valence-electron chi connectivity index (χ4n) is 3.78. The molecule has 2 aliphatic rings. The van der Waals surface area contributed by atoms with Gasteiger partial charge in [0.05, 0.1) is 18.2 Å². The number of nitrogens with zero attached hydrogens (tertiary/aromatic N) is 2. The van der Waals surface area contributed by atoms with Crippen LogP contribution in [-0.2, 0) is 9.59 Å². The highest BCUT2D eigenvalue weighted by Gasteiger charge is 2.28. The van der Waals surface area contributed by atoms with Crippen molar-refractivity contribution in [1.82, 2.24) is 15.4 Å². The summed E-state index contributed by atoms with van der Waals surface area (Å²) < 4.78 is 5.00. The molecule has 0 spiro atoms. The molecule has 2 fully saturated rings. The first kappa shape index (κ1) is 17.9. The molecule has 1 aliphatic heterocycles. The summed E-state index contributed by atoms with van der Waals surface area (Å²) in [6.45, 7) is 3.56. The third-order valence-electron chi connectivity index (χ3n) is 5.09. The maximum atomic E-state index is 12.5. The van der Waals surface area contributed by atoms with Gasteiger partial charge in [0.1, 0.15) is 0 Å². The SMILES string of the molecule is Cc1cc(NC(=O)CN2CCC[C@@H](C(=O)NC3CCCCC3)C2)on1. The standard InChI is InChI=1S/C18H28N4O3/c1-13-10-17(25-21-13)20-16(23)12-22-9-5-6-14(11-22)18(24)19-15-7-3-2-4-8-15/h10,14-15H,2-9,11-12H2,1H3,(H,19,24)(H,20,23)/t14-/m1/s1. The van der Waals surface area contributed by atoms with Crippen molar-refractivity contribution in [2.45, 2.75) is 57.9 Å². The first-order valence-corrected chi connectivity index (χ1v) is 9.36. The summed E-state index contributed by atoms with van der Waals surface area (Å²) in [4.78, 5) is 26.7. The summed E-state index contributed by atoms with van der Waals surface area (Å²) in [5, 5.41) is 9.68. The number of hydrogen-bond donors (Lipinski definition) is 2. The fourth-order valence-corrected chi connectivity index (χ4v) is 3.78. The number of carbonyl (C=O) groups excluding carboxylic acids is 2. The number of piperidine rings is 1. The van der Waals surface area contributed by atoms with E-state index in [1.807, 2.05) is 4.90 Å². The Bertz CT molecular complexity index is 595. The van der Waals surface area contributed by atoms with Crippen LogP contribution in [0.15, 0.2) is 10.6 Å². The van der Waals surface area contributed by atoms with Gasteiger partial charge in [-0.15, -0.1) is 0 Å². The molecule has 1 aromatic rings. The number of nitrogens with one attached hydrogen (secondary N) is 2. The zero-order chi connectivity index (χ0) is 17.6. The molecule has 2 amide bonds. The van der Waals surface area contributed by atoms with Gasteiger partial charge in [-0.3, -0.25) is 19.8 Å². The van der Waals surface area contributed by atoms with Crippen LogP contribution < -0.4 is 10.6 Å². The molecule has 2 heterocycles. The van der Waals surface area contributed by atoms with Gasteiger partial charge < -0.3 is 9.84 Å². The second-order valence-electron chi connectivity index (χ2n) is 7.30. The lowest BCUT2D eigenvalue weighted by atomic mass is 9.93. The fraction of sp³-hybridized carbons (Fsp3) is 0.722. The number of aryl methyl sites for hydroxylation is 1. The molecular weight excluding hydrogens is 320 g/mol. The van der Waals surface area contributed by atoms with Crippen molar-refractivity contribution >= 4 is 17.7 Å². The van der Waals surface area contributed by atoms with Crippen molar-refractivity contribution in [2.75, 3.05) is 25.0 Å². The van der Waals surface area contributed by atoms with E-state index in [0.29, 0.717) is 18.5 Å². The lowest BCUT2D eigenvalue weighted by Crippen LogP contribution is -2.47. The van der Waals surface area contributed by atoms with E-state index in [1.54, 1.807) is 13.0 Å². The van der Waals surface area contributed by atoms with Gasteiger partial charge in [-0.1, -0.05) is 24.4 Å². The quantitative estimate of drug-likeness (QED) is 0.851. The average Bonchev–Trinajstić information content (AvgIpc) is 3.00. The Morgan fingerprint density at radius 3 is 2.76 bits per heavy atom. The minimum absolute atomic E-state index is 0.0176. The second kappa shape index (κ2) is 8.47. The molecule has 0 unspecified atom stereocenters. The van der Waals surface area contributed by atoms with Gasteiger partial charge in [0.15, 0.2) is 0 Å². The lowest BCUT2D eigenvalue weighted by Gasteiger charge is -2.33. The number of aromatic nitrogens is 1. The summed E-state index contributed by atoms with van der Waals surface area (Å²) in [6, 6.07) is 2.03. The van der Waals surface area contributed by atoms with Crippen LogP contribution in [0.3, 0.4) is 0 Å². The van der Waals surface area contributed by atoms with E-state index in [1.165, 1.54) is 19.3 Å². The minimum Gasteiger partial charge on any atom is -0.353 e. The number of rotatable bonds is 5. The third-order valence-corrected chi connectivity index (χ3v) is 5.09. The van der Waals surface area contributed by atoms with Gasteiger partial charge in [-0.2, -0.15) is 0 Å². The van der Waals surface area contributed by atoms with Crippen LogP contribution in [0, 0.1) is 12.8 Å². The Labute approximate surface area is 148 Å². The highest BCUT2D eigenvalue weighted by Crippen LogP contribution is 2.20. The molecule has 1 aliphatic carbocycles. The van der Waals surface area contributed by atoms with Crippen LogP contribution in [-0.4, -0.2) is 47.5 Å². The van der Waals surface area contributed by atoms with E-state index in [2.05, 4.69) is 15.8 Å². The predicted molar refractivity (Wildman–Crippen MR) is 94.0 cm³/mol. The molecule has 0 bridgehead atoms. The molecule has 0 aromatic carbocycles. The van der Waals surface area contributed by atoms with Crippen molar-refractivity contribution in [1.29, 1.82) is 0 Å². The monoisotopic (exact) mass is 348 g/mol. The van der Waals surface area contributed by atoms with E-state index in [4.69, 9.17) is 4.52 Å². The van der Waals surface area contributed by atoms with Crippen molar-refractivity contribution in [3.05, 3.63) is 11.8 Å². The van der Waals surface area contributed by atoms with Crippen LogP contribution in [0.5, 0.6) is 0 Å². The molecule has 7 heteroatoms. The van der Waals surface area contributed by atoms with Crippen LogP contribution in [0.4, 0.5) is 5.88 Å². The zero-order valence-corrected chi connectivity index (χ0v) is 14.9. The summed E-state index contributed by atoms with van der Waals surface area (Å²) in [7, 11) is 0. The Kier molecular flexibility index (Phi) is 6.07. The van der Waals surface area contributed by atoms with Gasteiger partial charge >= 0.3 is 0 Å². The number of amides is 2. The second-order valence-corrected chi connectivity index (χ2v) is 7.30. The zero-order valence-electron chi connectivity index (χ0n) is 14.9. The Balaban J connectivity index is 1.45. The lowest BCUT2D eigenvalue weighted by molar-refractivity contribution is -0.128. The average molecular weight is 348 g/mol. The van der Waals surface area contributed by atoms with E-state index < -0.39 is 0 Å². The van der Waals surface area contributed by atoms with E-state index in [-0.39, 0.29) is 24.3 Å². The molecule has 1 saturated carbocycles.